The molecule has 1 aromatic carbocycles. The second kappa shape index (κ2) is 9.99. The number of fused-ring (bicyclic) bond motifs is 1. The topological polar surface area (TPSA) is 80.2 Å². The zero-order valence-corrected chi connectivity index (χ0v) is 16.6. The van der Waals surface area contributed by atoms with Crippen molar-refractivity contribution in [3.05, 3.63) is 54.2 Å². The average Bonchev–Trinajstić information content (AvgIpc) is 2.71. The van der Waals surface area contributed by atoms with Crippen LogP contribution in [-0.4, -0.2) is 32.7 Å². The van der Waals surface area contributed by atoms with Gasteiger partial charge in [0, 0.05) is 24.2 Å². The van der Waals surface area contributed by atoms with E-state index < -0.39 is 0 Å². The fourth-order valence-corrected chi connectivity index (χ4v) is 3.12. The molecule has 28 heavy (non-hydrogen) atoms. The zero-order valence-electron chi connectivity index (χ0n) is 16.6. The largest absolute Gasteiger partial charge is 0.482 e. The molecular formula is C22H28N4O2. The number of nitrogens with zero attached hydrogens (tertiary/aromatic N) is 3. The number of pyridine rings is 1. The van der Waals surface area contributed by atoms with Gasteiger partial charge in [-0.25, -0.2) is 9.97 Å². The van der Waals surface area contributed by atoms with Gasteiger partial charge in [0.25, 0.3) is 0 Å². The number of rotatable bonds is 10. The highest BCUT2D eigenvalue weighted by Crippen LogP contribution is 2.24. The lowest BCUT2D eigenvalue weighted by Gasteiger charge is -2.20. The van der Waals surface area contributed by atoms with Gasteiger partial charge in [0.15, 0.2) is 11.6 Å². The molecule has 0 aliphatic rings. The third kappa shape index (κ3) is 5.39. The Balaban J connectivity index is 1.73. The minimum absolute atomic E-state index is 0.142. The van der Waals surface area contributed by atoms with E-state index in [1.165, 1.54) is 0 Å². The van der Waals surface area contributed by atoms with E-state index in [1.54, 1.807) is 6.20 Å². The lowest BCUT2D eigenvalue weighted by atomic mass is 10.1. The third-order valence-electron chi connectivity index (χ3n) is 4.66. The summed E-state index contributed by atoms with van der Waals surface area (Å²) < 4.78 is 6.00. The third-order valence-corrected chi connectivity index (χ3v) is 4.66. The minimum atomic E-state index is 0.142. The van der Waals surface area contributed by atoms with Crippen molar-refractivity contribution in [1.29, 1.82) is 0 Å². The molecule has 3 rings (SSSR count). The molecule has 0 bridgehead atoms. The maximum atomic E-state index is 9.36. The van der Waals surface area contributed by atoms with Crippen molar-refractivity contribution in [2.45, 2.75) is 52.2 Å². The van der Waals surface area contributed by atoms with Crippen LogP contribution in [0, 0.1) is 6.92 Å². The Kier molecular flexibility index (Phi) is 7.14. The summed E-state index contributed by atoms with van der Waals surface area (Å²) >= 11 is 0. The summed E-state index contributed by atoms with van der Waals surface area (Å²) in [6, 6.07) is 10.3. The first kappa shape index (κ1) is 20.0. The van der Waals surface area contributed by atoms with Crippen molar-refractivity contribution >= 4 is 16.6 Å². The molecule has 0 aliphatic heterocycles. The van der Waals surface area contributed by atoms with Crippen molar-refractivity contribution in [2.75, 3.05) is 11.9 Å². The van der Waals surface area contributed by atoms with Crippen LogP contribution in [0.15, 0.2) is 42.7 Å². The van der Waals surface area contributed by atoms with Crippen molar-refractivity contribution in [2.24, 2.45) is 0 Å². The quantitative estimate of drug-likeness (QED) is 0.547. The normalized spacial score (nSPS) is 12.1. The molecule has 0 amide bonds. The van der Waals surface area contributed by atoms with Gasteiger partial charge in [0.2, 0.25) is 0 Å². The van der Waals surface area contributed by atoms with E-state index >= 15 is 0 Å². The second-order valence-corrected chi connectivity index (χ2v) is 6.94. The minimum Gasteiger partial charge on any atom is -0.482 e. The van der Waals surface area contributed by atoms with Gasteiger partial charge in [-0.1, -0.05) is 44.0 Å². The predicted molar refractivity (Wildman–Crippen MR) is 111 cm³/mol. The van der Waals surface area contributed by atoms with Crippen molar-refractivity contribution in [1.82, 2.24) is 15.0 Å². The van der Waals surface area contributed by atoms with E-state index in [1.807, 2.05) is 37.4 Å². The standard InChI is InChI=1S/C22H28N4O2/c1-3-4-9-19(10-11-27)26-22-21(14-23-16(2)25-22)28-15-20-12-17-7-5-6-8-18(17)13-24-20/h5-8,12-14,19,27H,3-4,9-11,15H2,1-2H3,(H,23,25,26)/t19-/m0/s1. The van der Waals surface area contributed by atoms with Crippen LogP contribution in [0.2, 0.25) is 0 Å². The second-order valence-electron chi connectivity index (χ2n) is 6.94. The highest BCUT2D eigenvalue weighted by molar-refractivity contribution is 5.81. The number of benzene rings is 1. The molecule has 0 saturated heterocycles. The molecule has 3 aromatic rings. The molecular weight excluding hydrogens is 352 g/mol. The summed E-state index contributed by atoms with van der Waals surface area (Å²) in [5, 5.41) is 15.0. The summed E-state index contributed by atoms with van der Waals surface area (Å²) in [4.78, 5) is 13.3. The zero-order chi connectivity index (χ0) is 19.8. The van der Waals surface area contributed by atoms with Gasteiger partial charge in [0.1, 0.15) is 12.4 Å². The molecule has 0 saturated carbocycles. The smallest absolute Gasteiger partial charge is 0.180 e. The number of aryl methyl sites for hydroxylation is 1. The average molecular weight is 380 g/mol. The first-order chi connectivity index (χ1) is 13.7. The van der Waals surface area contributed by atoms with Crippen molar-refractivity contribution in [3.8, 4) is 5.75 Å². The Labute approximate surface area is 166 Å². The van der Waals surface area contributed by atoms with Crippen LogP contribution in [0.25, 0.3) is 10.8 Å². The number of hydrogen-bond donors (Lipinski definition) is 2. The van der Waals surface area contributed by atoms with Gasteiger partial charge in [-0.3, -0.25) is 4.98 Å². The van der Waals surface area contributed by atoms with E-state index in [4.69, 9.17) is 4.74 Å². The molecule has 0 unspecified atom stereocenters. The predicted octanol–water partition coefficient (Wildman–Crippen LogP) is 4.27. The summed E-state index contributed by atoms with van der Waals surface area (Å²) in [6.07, 6.45) is 7.42. The summed E-state index contributed by atoms with van der Waals surface area (Å²) in [7, 11) is 0. The number of aromatic nitrogens is 3. The van der Waals surface area contributed by atoms with Gasteiger partial charge in [0.05, 0.1) is 11.9 Å². The van der Waals surface area contributed by atoms with E-state index in [-0.39, 0.29) is 12.6 Å². The Morgan fingerprint density at radius 1 is 1.11 bits per heavy atom. The van der Waals surface area contributed by atoms with Crippen molar-refractivity contribution < 1.29 is 9.84 Å². The molecule has 6 heteroatoms. The summed E-state index contributed by atoms with van der Waals surface area (Å²) in [5.41, 5.74) is 0.850. The molecule has 0 aliphatic carbocycles. The lowest BCUT2D eigenvalue weighted by molar-refractivity contribution is 0.275. The number of ether oxygens (including phenoxy) is 1. The molecule has 0 radical (unpaired) electrons. The monoisotopic (exact) mass is 380 g/mol. The van der Waals surface area contributed by atoms with E-state index in [0.717, 1.165) is 35.7 Å². The SMILES string of the molecule is CCCC[C@@H](CCO)Nc1nc(C)ncc1OCc1cc2ccccc2cn1. The highest BCUT2D eigenvalue weighted by atomic mass is 16.5. The maximum Gasteiger partial charge on any atom is 0.180 e. The Morgan fingerprint density at radius 2 is 1.93 bits per heavy atom. The highest BCUT2D eigenvalue weighted by Gasteiger charge is 2.14. The molecule has 0 spiro atoms. The number of aliphatic hydroxyl groups excluding tert-OH is 1. The van der Waals surface area contributed by atoms with Gasteiger partial charge in [-0.05, 0) is 31.2 Å². The number of hydrogen-bond acceptors (Lipinski definition) is 6. The molecule has 2 aromatic heterocycles. The Hall–Kier alpha value is -2.73. The number of anilines is 1. The fourth-order valence-electron chi connectivity index (χ4n) is 3.12. The molecule has 2 heterocycles. The van der Waals surface area contributed by atoms with Crippen LogP contribution in [0.5, 0.6) is 5.75 Å². The fraction of sp³-hybridized carbons (Fsp3) is 0.409. The summed E-state index contributed by atoms with van der Waals surface area (Å²) in [6.45, 7) is 4.50. The van der Waals surface area contributed by atoms with Gasteiger partial charge >= 0.3 is 0 Å². The van der Waals surface area contributed by atoms with Crippen LogP contribution in [0.4, 0.5) is 5.82 Å². The first-order valence-electron chi connectivity index (χ1n) is 9.87. The van der Waals surface area contributed by atoms with Crippen LogP contribution < -0.4 is 10.1 Å². The molecule has 6 nitrogen and oxygen atoms in total. The van der Waals surface area contributed by atoms with Gasteiger partial charge < -0.3 is 15.2 Å². The van der Waals surface area contributed by atoms with E-state index in [0.29, 0.717) is 30.4 Å². The van der Waals surface area contributed by atoms with Crippen molar-refractivity contribution in [3.63, 3.8) is 0 Å². The van der Waals surface area contributed by atoms with Crippen LogP contribution in [0.3, 0.4) is 0 Å². The lowest BCUT2D eigenvalue weighted by Crippen LogP contribution is -2.22. The van der Waals surface area contributed by atoms with Crippen LogP contribution in [-0.2, 0) is 6.61 Å². The molecule has 2 N–H and O–H groups in total. The van der Waals surface area contributed by atoms with E-state index in [2.05, 4.69) is 33.3 Å². The Bertz CT molecular complexity index is 901. The number of aliphatic hydroxyl groups is 1. The summed E-state index contributed by atoms with van der Waals surface area (Å²) in [5.74, 6) is 1.94. The van der Waals surface area contributed by atoms with Gasteiger partial charge in [-0.15, -0.1) is 0 Å². The molecule has 148 valence electrons. The molecule has 1 atom stereocenters. The number of unbranched alkanes of at least 4 members (excludes halogenated alkanes) is 1. The van der Waals surface area contributed by atoms with Gasteiger partial charge in [-0.2, -0.15) is 0 Å². The first-order valence-corrected chi connectivity index (χ1v) is 9.87. The Morgan fingerprint density at radius 3 is 2.71 bits per heavy atom. The maximum absolute atomic E-state index is 9.36. The molecule has 0 fully saturated rings. The van der Waals surface area contributed by atoms with Crippen LogP contribution >= 0.6 is 0 Å². The number of nitrogens with one attached hydrogen (secondary N) is 1. The van der Waals surface area contributed by atoms with E-state index in [9.17, 15) is 5.11 Å². The van der Waals surface area contributed by atoms with Crippen LogP contribution in [0.1, 0.15) is 44.1 Å².